The van der Waals surface area contributed by atoms with Crippen molar-refractivity contribution in [3.05, 3.63) is 84.2 Å². The smallest absolute Gasteiger partial charge is 0.123 e. The van der Waals surface area contributed by atoms with E-state index in [0.29, 0.717) is 5.92 Å². The third-order valence-electron chi connectivity index (χ3n) is 9.90. The molecule has 0 aliphatic carbocycles. The van der Waals surface area contributed by atoms with E-state index in [0.717, 1.165) is 25.9 Å². The first kappa shape index (κ1) is 35.3. The average Bonchev–Trinajstić information content (AvgIpc) is 3.37. The van der Waals surface area contributed by atoms with Gasteiger partial charge in [0.1, 0.15) is 5.66 Å². The van der Waals surface area contributed by atoms with Crippen LogP contribution in [0.1, 0.15) is 160 Å². The second-order valence-corrected chi connectivity index (χ2v) is 13.3. The molecule has 0 aromatic heterocycles. The lowest BCUT2D eigenvalue weighted by molar-refractivity contribution is -0.00378. The van der Waals surface area contributed by atoms with E-state index in [4.69, 9.17) is 0 Å². The predicted octanol–water partition coefficient (Wildman–Crippen LogP) is 12.3. The Hall–Kier alpha value is -2.22. The van der Waals surface area contributed by atoms with Gasteiger partial charge in [0.25, 0.3) is 0 Å². The lowest BCUT2D eigenvalue weighted by Crippen LogP contribution is -2.59. The minimum atomic E-state index is -0.0562. The Balaban J connectivity index is 1.63. The fourth-order valence-corrected chi connectivity index (χ4v) is 7.44. The summed E-state index contributed by atoms with van der Waals surface area (Å²) in [6.45, 7) is 9.32. The summed E-state index contributed by atoms with van der Waals surface area (Å²) >= 11 is 0. The summed E-state index contributed by atoms with van der Waals surface area (Å²) in [6.07, 6.45) is 32.0. The fourth-order valence-electron chi connectivity index (χ4n) is 7.44. The van der Waals surface area contributed by atoms with E-state index in [1.54, 1.807) is 0 Å². The van der Waals surface area contributed by atoms with Crippen LogP contribution in [0.15, 0.2) is 73.1 Å². The monoisotopic (exact) mass is 587 g/mol. The highest BCUT2D eigenvalue weighted by Crippen LogP contribution is 2.45. The molecule has 2 heteroatoms. The van der Waals surface area contributed by atoms with Gasteiger partial charge in [-0.3, -0.25) is 0 Å². The first-order valence-electron chi connectivity index (χ1n) is 18.6. The predicted molar refractivity (Wildman–Crippen MR) is 189 cm³/mol. The third-order valence-corrected chi connectivity index (χ3v) is 9.90. The summed E-state index contributed by atoms with van der Waals surface area (Å²) in [4.78, 5) is 5.53. The maximum atomic E-state index is 2.77. The van der Waals surface area contributed by atoms with Crippen molar-refractivity contribution in [1.82, 2.24) is 9.80 Å². The Kier molecular flexibility index (Phi) is 17.6. The molecule has 0 radical (unpaired) electrons. The van der Waals surface area contributed by atoms with Gasteiger partial charge in [0.2, 0.25) is 0 Å². The summed E-state index contributed by atoms with van der Waals surface area (Å²) in [6, 6.07) is 22.7. The molecule has 0 bridgehead atoms. The molecule has 1 heterocycles. The highest BCUT2D eigenvalue weighted by Gasteiger charge is 2.49. The first-order chi connectivity index (χ1) is 21.3. The van der Waals surface area contributed by atoms with E-state index in [1.165, 1.54) is 127 Å². The normalized spacial score (nSPS) is 17.2. The average molecular weight is 587 g/mol. The maximum absolute atomic E-state index is 2.77. The Bertz CT molecular complexity index is 954. The fraction of sp³-hybridized carbons (Fsp3) is 0.659. The van der Waals surface area contributed by atoms with Crippen LogP contribution in [0.3, 0.4) is 0 Å². The maximum Gasteiger partial charge on any atom is 0.123 e. The van der Waals surface area contributed by atoms with Crippen LogP contribution in [-0.4, -0.2) is 28.6 Å². The lowest BCUT2D eigenvalue weighted by atomic mass is 9.78. The lowest BCUT2D eigenvalue weighted by Gasteiger charge is -2.51. The van der Waals surface area contributed by atoms with Crippen molar-refractivity contribution >= 4 is 0 Å². The molecular formula is C41H66N2. The van der Waals surface area contributed by atoms with Gasteiger partial charge in [-0.2, -0.15) is 0 Å². The Morgan fingerprint density at radius 3 is 1.30 bits per heavy atom. The van der Waals surface area contributed by atoms with Gasteiger partial charge in [0.15, 0.2) is 0 Å². The van der Waals surface area contributed by atoms with E-state index >= 15 is 0 Å². The molecule has 2 unspecified atom stereocenters. The molecule has 0 N–H and O–H groups in total. The second kappa shape index (κ2) is 21.5. The van der Waals surface area contributed by atoms with Gasteiger partial charge in [0, 0.05) is 37.8 Å². The van der Waals surface area contributed by atoms with Crippen LogP contribution in [0.5, 0.6) is 0 Å². The topological polar surface area (TPSA) is 6.48 Å². The van der Waals surface area contributed by atoms with Crippen molar-refractivity contribution in [3.8, 4) is 0 Å². The summed E-state index contributed by atoms with van der Waals surface area (Å²) < 4.78 is 0. The van der Waals surface area contributed by atoms with E-state index in [2.05, 4.69) is 104 Å². The number of nitrogens with zero attached hydrogens (tertiary/aromatic N) is 2. The van der Waals surface area contributed by atoms with Crippen LogP contribution < -0.4 is 0 Å². The van der Waals surface area contributed by atoms with Crippen molar-refractivity contribution in [2.24, 2.45) is 0 Å². The summed E-state index contributed by atoms with van der Waals surface area (Å²) in [7, 11) is 0. The van der Waals surface area contributed by atoms with Crippen LogP contribution in [0, 0.1) is 0 Å². The minimum absolute atomic E-state index is 0.0562. The number of benzene rings is 2. The zero-order chi connectivity index (χ0) is 30.4. The Morgan fingerprint density at radius 2 is 0.884 bits per heavy atom. The van der Waals surface area contributed by atoms with Gasteiger partial charge in [-0.1, -0.05) is 184 Å². The zero-order valence-corrected chi connectivity index (χ0v) is 28.5. The number of unbranched alkanes of at least 4 members (excludes halogenated alkanes) is 16. The van der Waals surface area contributed by atoms with Crippen LogP contribution in [0.4, 0.5) is 0 Å². The van der Waals surface area contributed by atoms with E-state index in [1.807, 2.05) is 0 Å². The van der Waals surface area contributed by atoms with E-state index < -0.39 is 0 Å². The number of hydrogen-bond acceptors (Lipinski definition) is 2. The second-order valence-electron chi connectivity index (χ2n) is 13.3. The number of rotatable bonds is 25. The van der Waals surface area contributed by atoms with Gasteiger partial charge in [-0.15, -0.1) is 0 Å². The van der Waals surface area contributed by atoms with Crippen molar-refractivity contribution in [1.29, 1.82) is 0 Å². The Morgan fingerprint density at radius 1 is 0.488 bits per heavy atom. The molecule has 2 aromatic carbocycles. The van der Waals surface area contributed by atoms with Gasteiger partial charge in [-0.25, -0.2) is 0 Å². The third kappa shape index (κ3) is 11.7. The molecule has 0 saturated carbocycles. The molecule has 0 saturated heterocycles. The highest BCUT2D eigenvalue weighted by atomic mass is 15.4. The summed E-state index contributed by atoms with van der Waals surface area (Å²) in [5.41, 5.74) is 2.88. The molecule has 1 aliphatic heterocycles. The van der Waals surface area contributed by atoms with Gasteiger partial charge in [0.05, 0.1) is 0 Å². The summed E-state index contributed by atoms with van der Waals surface area (Å²) in [5, 5.41) is 0. The number of hydrogen-bond donors (Lipinski definition) is 0. The molecule has 2 aromatic rings. The molecule has 2 nitrogen and oxygen atoms in total. The molecule has 43 heavy (non-hydrogen) atoms. The SMILES string of the molecule is CCCCCCCCCCCCCCCN1C=CN(CCCCCCC)C1(Cc1ccccc1)C(CC)c1ccccc1. The van der Waals surface area contributed by atoms with Crippen LogP contribution in [0.2, 0.25) is 0 Å². The molecular weight excluding hydrogens is 520 g/mol. The molecule has 2 atom stereocenters. The van der Waals surface area contributed by atoms with Crippen LogP contribution >= 0.6 is 0 Å². The molecule has 3 rings (SSSR count). The molecule has 0 fully saturated rings. The van der Waals surface area contributed by atoms with Crippen molar-refractivity contribution in [2.45, 2.75) is 161 Å². The molecule has 0 amide bonds. The van der Waals surface area contributed by atoms with Gasteiger partial charge >= 0.3 is 0 Å². The van der Waals surface area contributed by atoms with Crippen molar-refractivity contribution < 1.29 is 0 Å². The zero-order valence-electron chi connectivity index (χ0n) is 28.5. The largest absolute Gasteiger partial charge is 0.353 e. The first-order valence-corrected chi connectivity index (χ1v) is 18.6. The van der Waals surface area contributed by atoms with Crippen molar-refractivity contribution in [3.63, 3.8) is 0 Å². The standard InChI is InChI=1S/C41H66N2/c1-4-7-9-11-12-13-14-15-16-17-18-20-28-34-43-36-35-42(33-27-19-10-8-5-2)41(43,37-38-29-23-21-24-30-38)40(6-3)39-31-25-22-26-32-39/h21-26,29-32,35-36,40H,4-20,27-28,33-34,37H2,1-3H3. The van der Waals surface area contributed by atoms with E-state index in [-0.39, 0.29) is 5.66 Å². The highest BCUT2D eigenvalue weighted by molar-refractivity contribution is 5.30. The van der Waals surface area contributed by atoms with Crippen LogP contribution in [0.25, 0.3) is 0 Å². The van der Waals surface area contributed by atoms with Crippen molar-refractivity contribution in [2.75, 3.05) is 13.1 Å². The summed E-state index contributed by atoms with van der Waals surface area (Å²) in [5.74, 6) is 0.446. The Labute approximate surface area is 267 Å². The molecule has 240 valence electrons. The van der Waals surface area contributed by atoms with Gasteiger partial charge < -0.3 is 9.80 Å². The molecule has 1 aliphatic rings. The minimum Gasteiger partial charge on any atom is -0.353 e. The van der Waals surface area contributed by atoms with Gasteiger partial charge in [-0.05, 0) is 30.4 Å². The quantitative estimate of drug-likeness (QED) is 0.107. The molecule has 0 spiro atoms. The van der Waals surface area contributed by atoms with Crippen LogP contribution in [-0.2, 0) is 6.42 Å². The van der Waals surface area contributed by atoms with E-state index in [9.17, 15) is 0 Å².